The molecule has 5 nitrogen and oxygen atoms in total. The number of carbonyl (C=O) groups excluding carboxylic acids is 3. The first-order chi connectivity index (χ1) is 6.86. The first-order valence-corrected chi connectivity index (χ1v) is 6.09. The Morgan fingerprint density at radius 2 is 1.87 bits per heavy atom. The van der Waals surface area contributed by atoms with Crippen LogP contribution in [0.2, 0.25) is 0 Å². The van der Waals surface area contributed by atoms with E-state index in [4.69, 9.17) is 0 Å². The zero-order valence-electron chi connectivity index (χ0n) is 8.24. The van der Waals surface area contributed by atoms with Crippen LogP contribution in [0.25, 0.3) is 0 Å². The highest BCUT2D eigenvalue weighted by atomic mass is 79.9. The average Bonchev–Trinajstić information content (AvgIpc) is 2.42. The molecule has 1 atom stereocenters. The zero-order valence-corrected chi connectivity index (χ0v) is 11.4. The number of amides is 4. The molecule has 0 N–H and O–H groups in total. The van der Waals surface area contributed by atoms with Crippen molar-refractivity contribution in [1.29, 1.82) is 0 Å². The average molecular weight is 342 g/mol. The van der Waals surface area contributed by atoms with Crippen LogP contribution in [0.5, 0.6) is 0 Å². The summed E-state index contributed by atoms with van der Waals surface area (Å²) in [5.41, 5.74) is 0. The van der Waals surface area contributed by atoms with Gasteiger partial charge in [-0.05, 0) is 0 Å². The molecule has 1 aliphatic heterocycles. The van der Waals surface area contributed by atoms with Crippen LogP contribution in [0.3, 0.4) is 0 Å². The summed E-state index contributed by atoms with van der Waals surface area (Å²) in [7, 11) is 0. The second-order valence-electron chi connectivity index (χ2n) is 3.20. The van der Waals surface area contributed by atoms with Crippen molar-refractivity contribution in [2.45, 2.75) is 23.6 Å². The number of hydrogen-bond donors (Lipinski definition) is 0. The van der Waals surface area contributed by atoms with Crippen molar-refractivity contribution in [3.63, 3.8) is 0 Å². The Kier molecular flexibility index (Phi) is 3.88. The summed E-state index contributed by atoms with van der Waals surface area (Å²) < 4.78 is -0.220. The third kappa shape index (κ3) is 2.39. The van der Waals surface area contributed by atoms with E-state index >= 15 is 0 Å². The maximum Gasteiger partial charge on any atom is 0.333 e. The molecule has 0 aromatic rings. The lowest BCUT2D eigenvalue weighted by atomic mass is 10.3. The topological polar surface area (TPSA) is 57.7 Å². The molecule has 1 heterocycles. The molecule has 7 heteroatoms. The fourth-order valence-electron chi connectivity index (χ4n) is 1.44. The van der Waals surface area contributed by atoms with Gasteiger partial charge in [0.05, 0.1) is 16.3 Å². The van der Waals surface area contributed by atoms with Crippen LogP contribution < -0.4 is 0 Å². The SMILES string of the molecule is CC(=O)N1CC(C(Br)Br)N(C(C)=O)C1=O. The second-order valence-corrected chi connectivity index (χ2v) is 6.40. The summed E-state index contributed by atoms with van der Waals surface area (Å²) >= 11 is 6.49. The van der Waals surface area contributed by atoms with Crippen molar-refractivity contribution < 1.29 is 14.4 Å². The number of nitrogens with zero attached hydrogens (tertiary/aromatic N) is 2. The van der Waals surface area contributed by atoms with Crippen LogP contribution in [0.15, 0.2) is 0 Å². The van der Waals surface area contributed by atoms with Crippen molar-refractivity contribution in [2.75, 3.05) is 6.54 Å². The van der Waals surface area contributed by atoms with E-state index < -0.39 is 6.03 Å². The summed E-state index contributed by atoms with van der Waals surface area (Å²) in [4.78, 5) is 36.2. The van der Waals surface area contributed by atoms with Gasteiger partial charge in [-0.2, -0.15) is 0 Å². The molecular weight excluding hydrogens is 332 g/mol. The van der Waals surface area contributed by atoms with Gasteiger partial charge in [-0.3, -0.25) is 19.4 Å². The Labute approximate surface area is 104 Å². The van der Waals surface area contributed by atoms with Gasteiger partial charge in [-0.1, -0.05) is 31.9 Å². The Morgan fingerprint density at radius 3 is 2.13 bits per heavy atom. The van der Waals surface area contributed by atoms with E-state index in [1.165, 1.54) is 13.8 Å². The van der Waals surface area contributed by atoms with E-state index in [9.17, 15) is 14.4 Å². The molecule has 84 valence electrons. The van der Waals surface area contributed by atoms with E-state index in [0.717, 1.165) is 9.80 Å². The molecule has 0 spiro atoms. The number of carbonyl (C=O) groups is 3. The third-order valence-electron chi connectivity index (χ3n) is 2.15. The second kappa shape index (κ2) is 4.61. The molecule has 0 aliphatic carbocycles. The highest BCUT2D eigenvalue weighted by Gasteiger charge is 2.43. The molecule has 1 fully saturated rings. The van der Waals surface area contributed by atoms with E-state index in [1.54, 1.807) is 0 Å². The minimum absolute atomic E-state index is 0.217. The molecule has 1 rings (SSSR count). The summed E-state index contributed by atoms with van der Waals surface area (Å²) in [6, 6.07) is -0.914. The fourth-order valence-corrected chi connectivity index (χ4v) is 2.25. The molecule has 0 radical (unpaired) electrons. The van der Waals surface area contributed by atoms with Crippen LogP contribution in [0.1, 0.15) is 13.8 Å². The standard InChI is InChI=1S/C8H10Br2N2O3/c1-4(13)11-3-6(7(9)10)12(5(2)14)8(11)15/h6-7H,3H2,1-2H3. The maximum absolute atomic E-state index is 11.7. The van der Waals surface area contributed by atoms with Gasteiger partial charge in [0.1, 0.15) is 0 Å². The van der Waals surface area contributed by atoms with Crippen LogP contribution >= 0.6 is 31.9 Å². The van der Waals surface area contributed by atoms with E-state index in [1.807, 2.05) is 0 Å². The lowest BCUT2D eigenvalue weighted by Crippen LogP contribution is -2.41. The van der Waals surface area contributed by atoms with E-state index in [2.05, 4.69) is 31.9 Å². The zero-order chi connectivity index (χ0) is 11.7. The molecule has 0 aromatic carbocycles. The molecule has 1 saturated heterocycles. The molecular formula is C8H10Br2N2O3. The van der Waals surface area contributed by atoms with Crippen molar-refractivity contribution in [2.24, 2.45) is 0 Å². The van der Waals surface area contributed by atoms with Crippen molar-refractivity contribution in [1.82, 2.24) is 9.80 Å². The lowest BCUT2D eigenvalue weighted by Gasteiger charge is -2.20. The molecule has 4 amide bonds. The number of rotatable bonds is 1. The van der Waals surface area contributed by atoms with Crippen molar-refractivity contribution >= 4 is 49.7 Å². The van der Waals surface area contributed by atoms with Crippen LogP contribution in [0, 0.1) is 0 Å². The number of hydrogen-bond acceptors (Lipinski definition) is 3. The summed E-state index contributed by atoms with van der Waals surface area (Å²) in [5, 5.41) is 0. The van der Waals surface area contributed by atoms with Gasteiger partial charge >= 0.3 is 6.03 Å². The summed E-state index contributed by atoms with van der Waals surface area (Å²) in [5.74, 6) is -0.716. The van der Waals surface area contributed by atoms with E-state index in [-0.39, 0.29) is 28.1 Å². The molecule has 0 saturated carbocycles. The monoisotopic (exact) mass is 340 g/mol. The first kappa shape index (κ1) is 12.6. The number of halogens is 2. The third-order valence-corrected chi connectivity index (χ3v) is 3.37. The quantitative estimate of drug-likeness (QED) is 0.675. The molecule has 0 bridgehead atoms. The maximum atomic E-state index is 11.7. The van der Waals surface area contributed by atoms with Crippen LogP contribution in [-0.4, -0.2) is 44.0 Å². The minimum Gasteiger partial charge on any atom is -0.275 e. The smallest absolute Gasteiger partial charge is 0.275 e. The first-order valence-electron chi connectivity index (χ1n) is 4.26. The van der Waals surface area contributed by atoms with E-state index in [0.29, 0.717) is 0 Å². The van der Waals surface area contributed by atoms with Crippen molar-refractivity contribution in [3.8, 4) is 0 Å². The Balaban J connectivity index is 2.97. The predicted molar refractivity (Wildman–Crippen MR) is 60.7 cm³/mol. The van der Waals surface area contributed by atoms with Crippen LogP contribution in [0.4, 0.5) is 4.79 Å². The van der Waals surface area contributed by atoms with Gasteiger partial charge < -0.3 is 0 Å². The van der Waals surface area contributed by atoms with Crippen LogP contribution in [-0.2, 0) is 9.59 Å². The Hall–Kier alpha value is -0.430. The van der Waals surface area contributed by atoms with Gasteiger partial charge in [-0.25, -0.2) is 4.79 Å². The summed E-state index contributed by atoms with van der Waals surface area (Å²) in [6.07, 6.45) is 0. The Morgan fingerprint density at radius 1 is 1.33 bits per heavy atom. The summed E-state index contributed by atoms with van der Waals surface area (Å²) in [6.45, 7) is 2.82. The molecule has 0 aromatic heterocycles. The van der Waals surface area contributed by atoms with Gasteiger partial charge in [0.25, 0.3) is 0 Å². The fraction of sp³-hybridized carbons (Fsp3) is 0.625. The van der Waals surface area contributed by atoms with Gasteiger partial charge in [0, 0.05) is 13.8 Å². The predicted octanol–water partition coefficient (Wildman–Crippen LogP) is 1.30. The Bertz CT molecular complexity index is 319. The highest BCUT2D eigenvalue weighted by molar-refractivity contribution is 9.24. The van der Waals surface area contributed by atoms with Crippen molar-refractivity contribution in [3.05, 3.63) is 0 Å². The number of alkyl halides is 2. The number of urea groups is 1. The molecule has 1 aliphatic rings. The highest BCUT2D eigenvalue weighted by Crippen LogP contribution is 2.26. The lowest BCUT2D eigenvalue weighted by molar-refractivity contribution is -0.126. The largest absolute Gasteiger partial charge is 0.333 e. The minimum atomic E-state index is -0.552. The van der Waals surface area contributed by atoms with Gasteiger partial charge in [0.2, 0.25) is 11.8 Å². The number of imide groups is 2. The van der Waals surface area contributed by atoms with Gasteiger partial charge in [-0.15, -0.1) is 0 Å². The van der Waals surface area contributed by atoms with Gasteiger partial charge in [0.15, 0.2) is 0 Å². The molecule has 15 heavy (non-hydrogen) atoms. The molecule has 1 unspecified atom stereocenters. The normalized spacial score (nSPS) is 21.4.